The van der Waals surface area contributed by atoms with Crippen LogP contribution in [0.3, 0.4) is 0 Å². The fourth-order valence-electron chi connectivity index (χ4n) is 4.51. The maximum atomic E-state index is 13.6. The van der Waals surface area contributed by atoms with Crippen molar-refractivity contribution in [3.05, 3.63) is 125 Å². The van der Waals surface area contributed by atoms with Crippen LogP contribution < -0.4 is 15.0 Å². The molecule has 0 N–H and O–H groups in total. The summed E-state index contributed by atoms with van der Waals surface area (Å²) in [6.45, 7) is 0.0830. The number of rotatable bonds is 8. The Bertz CT molecular complexity index is 2120. The van der Waals surface area contributed by atoms with E-state index in [9.17, 15) is 14.9 Å². The van der Waals surface area contributed by atoms with Crippen molar-refractivity contribution in [2.24, 2.45) is 5.10 Å². The third-order valence-corrected chi connectivity index (χ3v) is 7.61. The lowest BCUT2D eigenvalue weighted by molar-refractivity contribution is -0.384. The topological polar surface area (TPSA) is 122 Å². The number of benzene rings is 4. The molecule has 0 aliphatic carbocycles. The number of nitro groups is 1. The average molecular weight is 704 g/mol. The number of nitrogens with zero attached hydrogens (tertiary/aromatic N) is 4. The highest BCUT2D eigenvalue weighted by molar-refractivity contribution is 9.10. The van der Waals surface area contributed by atoms with Crippen LogP contribution in [-0.4, -0.2) is 27.9 Å². The van der Waals surface area contributed by atoms with E-state index >= 15 is 0 Å². The van der Waals surface area contributed by atoms with E-state index in [1.54, 1.807) is 42.5 Å². The Labute approximate surface area is 260 Å². The molecule has 0 bridgehead atoms. The summed E-state index contributed by atoms with van der Waals surface area (Å²) in [5.74, 6) is 1.44. The van der Waals surface area contributed by atoms with E-state index in [4.69, 9.17) is 18.9 Å². The largest absolute Gasteiger partial charge is 0.493 e. The van der Waals surface area contributed by atoms with E-state index in [1.165, 1.54) is 30.1 Å². The first-order chi connectivity index (χ1) is 20.8. The number of ether oxygens (including phenoxy) is 2. The minimum absolute atomic E-state index is 0.0213. The van der Waals surface area contributed by atoms with Gasteiger partial charge < -0.3 is 13.9 Å². The first-order valence-electron chi connectivity index (χ1n) is 12.8. The van der Waals surface area contributed by atoms with Gasteiger partial charge in [-0.1, -0.05) is 40.2 Å². The van der Waals surface area contributed by atoms with Crippen molar-refractivity contribution in [2.45, 2.75) is 6.61 Å². The van der Waals surface area contributed by atoms with Crippen LogP contribution in [0, 0.1) is 10.1 Å². The number of methoxy groups -OCH3 is 1. The highest BCUT2D eigenvalue weighted by atomic mass is 79.9. The molecule has 0 fully saturated rings. The fourth-order valence-corrected chi connectivity index (χ4v) is 5.46. The monoisotopic (exact) mass is 702 g/mol. The van der Waals surface area contributed by atoms with Crippen molar-refractivity contribution in [1.29, 1.82) is 0 Å². The molecule has 2 aromatic heterocycles. The van der Waals surface area contributed by atoms with Gasteiger partial charge in [0.15, 0.2) is 17.3 Å². The van der Waals surface area contributed by atoms with Crippen molar-refractivity contribution >= 4 is 65.6 Å². The van der Waals surface area contributed by atoms with Crippen LogP contribution in [0.5, 0.6) is 11.5 Å². The first-order valence-corrected chi connectivity index (χ1v) is 14.4. The molecule has 0 aliphatic heterocycles. The van der Waals surface area contributed by atoms with Crippen LogP contribution >= 0.6 is 31.9 Å². The van der Waals surface area contributed by atoms with Crippen LogP contribution in [0.2, 0.25) is 0 Å². The number of para-hydroxylation sites is 1. The van der Waals surface area contributed by atoms with Gasteiger partial charge in [-0.2, -0.15) is 9.78 Å². The molecule has 0 amide bonds. The Morgan fingerprint density at radius 2 is 1.88 bits per heavy atom. The second-order valence-electron chi connectivity index (χ2n) is 9.36. The second-order valence-corrected chi connectivity index (χ2v) is 11.1. The summed E-state index contributed by atoms with van der Waals surface area (Å²) in [5.41, 5.74) is 2.01. The molecule has 4 aromatic carbocycles. The van der Waals surface area contributed by atoms with Gasteiger partial charge in [0, 0.05) is 22.0 Å². The predicted octanol–water partition coefficient (Wildman–Crippen LogP) is 7.71. The highest BCUT2D eigenvalue weighted by Crippen LogP contribution is 2.37. The molecule has 0 atom stereocenters. The maximum Gasteiger partial charge on any atom is 0.282 e. The average Bonchev–Trinajstić information content (AvgIpc) is 3.43. The Kier molecular flexibility index (Phi) is 7.78. The molecule has 0 saturated heterocycles. The van der Waals surface area contributed by atoms with Crippen LogP contribution in [0.4, 0.5) is 5.69 Å². The molecule has 0 unspecified atom stereocenters. The maximum absolute atomic E-state index is 13.6. The molecule has 6 rings (SSSR count). The molecule has 10 nitrogen and oxygen atoms in total. The number of hydrogen-bond acceptors (Lipinski definition) is 8. The van der Waals surface area contributed by atoms with Crippen LogP contribution in [-0.2, 0) is 6.61 Å². The summed E-state index contributed by atoms with van der Waals surface area (Å²) in [4.78, 5) is 29.0. The molecule has 6 aromatic rings. The number of furan rings is 1. The Balaban J connectivity index is 1.37. The zero-order valence-corrected chi connectivity index (χ0v) is 25.5. The number of halogens is 2. The lowest BCUT2D eigenvalue weighted by Crippen LogP contribution is -2.20. The molecule has 0 radical (unpaired) electrons. The molecule has 0 saturated carbocycles. The number of fused-ring (bicyclic) bond motifs is 2. The third-order valence-electron chi connectivity index (χ3n) is 6.53. The van der Waals surface area contributed by atoms with Gasteiger partial charge >= 0.3 is 0 Å². The van der Waals surface area contributed by atoms with Crippen molar-refractivity contribution < 1.29 is 18.8 Å². The van der Waals surface area contributed by atoms with Gasteiger partial charge in [-0.05, 0) is 75.6 Å². The number of hydrogen-bond donors (Lipinski definition) is 0. The Morgan fingerprint density at radius 1 is 1.05 bits per heavy atom. The lowest BCUT2D eigenvalue weighted by atomic mass is 10.2. The van der Waals surface area contributed by atoms with Crippen LogP contribution in [0.1, 0.15) is 11.1 Å². The minimum atomic E-state index is -0.455. The molecule has 2 heterocycles. The zero-order chi connectivity index (χ0) is 30.1. The Hall–Kier alpha value is -4.81. The van der Waals surface area contributed by atoms with Crippen LogP contribution in [0.25, 0.3) is 33.5 Å². The molecule has 0 aliphatic rings. The molecular weight excluding hydrogens is 684 g/mol. The standard InChI is InChI=1S/C31H20Br2N4O6/c1-41-27-13-19(12-24(33)29(27)42-17-18-5-4-6-22(11-18)37(39)40)16-34-36-30(35-25-8-3-2-7-23(25)31(36)38)28-15-20-14-21(32)9-10-26(20)43-28/h2-16H,17H2,1H3. The predicted molar refractivity (Wildman–Crippen MR) is 170 cm³/mol. The van der Waals surface area contributed by atoms with E-state index in [-0.39, 0.29) is 23.7 Å². The van der Waals surface area contributed by atoms with Crippen LogP contribution in [0.15, 0.2) is 108 Å². The summed E-state index contributed by atoms with van der Waals surface area (Å²) in [6, 6.07) is 24.2. The highest BCUT2D eigenvalue weighted by Gasteiger charge is 2.17. The smallest absolute Gasteiger partial charge is 0.282 e. The van der Waals surface area contributed by atoms with E-state index in [0.717, 1.165) is 9.86 Å². The van der Waals surface area contributed by atoms with E-state index in [1.807, 2.05) is 30.3 Å². The first kappa shape index (κ1) is 28.3. The summed E-state index contributed by atoms with van der Waals surface area (Å²) in [7, 11) is 1.50. The van der Waals surface area contributed by atoms with Gasteiger partial charge in [-0.3, -0.25) is 14.9 Å². The summed E-state index contributed by atoms with van der Waals surface area (Å²) in [5, 5.41) is 16.9. The van der Waals surface area contributed by atoms with Crippen molar-refractivity contribution in [3.63, 3.8) is 0 Å². The summed E-state index contributed by atoms with van der Waals surface area (Å²) < 4.78 is 20.3. The SMILES string of the molecule is COc1cc(C=Nn2c(-c3cc4cc(Br)ccc4o3)nc3ccccc3c2=O)cc(Br)c1OCc1cccc([N+](=O)[O-])c1. The third kappa shape index (κ3) is 5.79. The van der Waals surface area contributed by atoms with Crippen molar-refractivity contribution in [2.75, 3.05) is 7.11 Å². The molecule has 43 heavy (non-hydrogen) atoms. The quantitative estimate of drug-likeness (QED) is 0.0904. The van der Waals surface area contributed by atoms with Gasteiger partial charge in [-0.15, -0.1) is 0 Å². The van der Waals surface area contributed by atoms with Gasteiger partial charge in [0.1, 0.15) is 12.2 Å². The number of aromatic nitrogens is 2. The van der Waals surface area contributed by atoms with Gasteiger partial charge in [0.25, 0.3) is 11.2 Å². The van der Waals surface area contributed by atoms with Gasteiger partial charge in [0.2, 0.25) is 5.82 Å². The molecule has 0 spiro atoms. The van der Waals surface area contributed by atoms with Gasteiger partial charge in [0.05, 0.1) is 33.6 Å². The zero-order valence-electron chi connectivity index (χ0n) is 22.4. The second kappa shape index (κ2) is 11.8. The van der Waals surface area contributed by atoms with Crippen molar-refractivity contribution in [3.8, 4) is 23.1 Å². The molecular formula is C31H20Br2N4O6. The van der Waals surface area contributed by atoms with E-state index in [2.05, 4.69) is 37.0 Å². The van der Waals surface area contributed by atoms with Gasteiger partial charge in [-0.25, -0.2) is 4.98 Å². The Morgan fingerprint density at radius 3 is 2.70 bits per heavy atom. The fraction of sp³-hybridized carbons (Fsp3) is 0.0645. The van der Waals surface area contributed by atoms with E-state index in [0.29, 0.717) is 49.3 Å². The summed E-state index contributed by atoms with van der Waals surface area (Å²) in [6.07, 6.45) is 1.51. The number of non-ortho nitro benzene ring substituents is 1. The normalized spacial score (nSPS) is 11.4. The molecule has 12 heteroatoms. The van der Waals surface area contributed by atoms with E-state index < -0.39 is 4.92 Å². The van der Waals surface area contributed by atoms with Crippen molar-refractivity contribution in [1.82, 2.24) is 9.66 Å². The summed E-state index contributed by atoms with van der Waals surface area (Å²) >= 11 is 7.00. The molecule has 214 valence electrons. The minimum Gasteiger partial charge on any atom is -0.493 e. The lowest BCUT2D eigenvalue weighted by Gasteiger charge is -2.13. The number of nitro benzene ring substituents is 1.